The molecule has 2 fully saturated rings. The number of piperazine rings is 1. The quantitative estimate of drug-likeness (QED) is 0.799. The van der Waals surface area contributed by atoms with Gasteiger partial charge in [0.2, 0.25) is 0 Å². The molecule has 1 aromatic carbocycles. The lowest BCUT2D eigenvalue weighted by atomic mass is 9.84. The highest BCUT2D eigenvalue weighted by molar-refractivity contribution is 6.34. The number of rotatable bonds is 5. The fourth-order valence-corrected chi connectivity index (χ4v) is 2.24. The number of primary amides is 1. The van der Waals surface area contributed by atoms with Crippen molar-refractivity contribution in [2.75, 3.05) is 37.4 Å². The maximum absolute atomic E-state index is 11.6. The van der Waals surface area contributed by atoms with E-state index < -0.39 is 92.9 Å². The SMILES string of the molecule is [2H]C([2H])(CC1([2H])C([2H])([2H])C([2H])([2H])C([2H])(NC(N)=O)C([2H])([2H])C1([2H])[2H])N1C([2H])([2H])C([2H])([2H])N(c2cccc(C)c2Cl)C([2H])([2H])C1([2H])[2H]. The van der Waals surface area contributed by atoms with E-state index in [1.54, 1.807) is 0 Å². The summed E-state index contributed by atoms with van der Waals surface area (Å²) in [5.41, 5.74) is 4.67. The Morgan fingerprint density at radius 2 is 2.04 bits per heavy atom. The lowest BCUT2D eigenvalue weighted by molar-refractivity contribution is 0.207. The maximum atomic E-state index is 11.6. The van der Waals surface area contributed by atoms with Gasteiger partial charge < -0.3 is 16.0 Å². The molecule has 1 saturated heterocycles. The molecule has 1 aliphatic carbocycles. The van der Waals surface area contributed by atoms with E-state index in [1.807, 2.05) is 0 Å². The second kappa shape index (κ2) is 8.96. The molecule has 3 rings (SSSR count). The maximum Gasteiger partial charge on any atom is 0.312 e. The van der Waals surface area contributed by atoms with Crippen LogP contribution in [0.2, 0.25) is 5.02 Å². The lowest BCUT2D eigenvalue weighted by Crippen LogP contribution is -2.47. The third-order valence-electron chi connectivity index (χ3n) is 3.30. The molecule has 0 bridgehead atoms. The van der Waals surface area contributed by atoms with Gasteiger partial charge in [0.1, 0.15) is 0 Å². The zero-order valence-corrected chi connectivity index (χ0v) is 14.5. The van der Waals surface area contributed by atoms with Crippen LogP contribution in [0.25, 0.3) is 0 Å². The highest BCUT2D eigenvalue weighted by atomic mass is 35.5. The molecule has 1 heterocycles. The van der Waals surface area contributed by atoms with Crippen molar-refractivity contribution in [1.82, 2.24) is 10.2 Å². The Bertz CT molecular complexity index is 1360. The van der Waals surface area contributed by atoms with Crippen molar-refractivity contribution in [3.05, 3.63) is 28.8 Å². The fraction of sp³-hybridized carbons (Fsp3) is 0.650. The Labute approximate surface area is 190 Å². The molecule has 26 heavy (non-hydrogen) atoms. The largest absolute Gasteiger partial charge is 0.368 e. The Kier molecular flexibility index (Phi) is 2.16. The highest BCUT2D eigenvalue weighted by Gasteiger charge is 2.24. The summed E-state index contributed by atoms with van der Waals surface area (Å²) in [6.07, 6.45) is -18.7. The number of nitrogens with zero attached hydrogens (tertiary/aromatic N) is 2. The summed E-state index contributed by atoms with van der Waals surface area (Å²) in [7, 11) is 0. The molecule has 2 amide bonds. The molecule has 6 heteroatoms. The summed E-state index contributed by atoms with van der Waals surface area (Å²) < 4.78 is 171. The van der Waals surface area contributed by atoms with Gasteiger partial charge in [0.05, 0.1) is 17.6 Å². The third kappa shape index (κ3) is 5.04. The molecule has 1 aliphatic heterocycles. The lowest BCUT2D eigenvalue weighted by Gasteiger charge is -2.37. The van der Waals surface area contributed by atoms with E-state index >= 15 is 0 Å². The molecule has 0 spiro atoms. The monoisotopic (exact) mass is 398 g/mol. The van der Waals surface area contributed by atoms with Crippen LogP contribution < -0.4 is 16.0 Å². The number of anilines is 1. The summed E-state index contributed by atoms with van der Waals surface area (Å²) >= 11 is 6.28. The zero-order valence-electron chi connectivity index (χ0n) is 33.7. The van der Waals surface area contributed by atoms with Crippen molar-refractivity contribution < 1.29 is 32.2 Å². The Hall–Kier alpha value is -1.46. The fourth-order valence-electron chi connectivity index (χ4n) is 2.03. The van der Waals surface area contributed by atoms with Gasteiger partial charge >= 0.3 is 6.03 Å². The number of urea groups is 1. The average molecular weight is 399 g/mol. The van der Waals surface area contributed by atoms with Crippen LogP contribution in [0.1, 0.15) is 64.9 Å². The molecule has 1 saturated carbocycles. The number of hydrogen-bond donors (Lipinski definition) is 2. The smallest absolute Gasteiger partial charge is 0.312 e. The minimum absolute atomic E-state index is 0.0265. The van der Waals surface area contributed by atoms with Crippen LogP contribution in [-0.2, 0) is 0 Å². The van der Waals surface area contributed by atoms with Gasteiger partial charge in [0.15, 0.2) is 0 Å². The first kappa shape index (κ1) is 6.28. The Morgan fingerprint density at radius 1 is 1.35 bits per heavy atom. The first-order chi connectivity index (χ1) is 20.0. The molecular weight excluding hydrogens is 348 g/mol. The van der Waals surface area contributed by atoms with Gasteiger partial charge in [-0.3, -0.25) is 4.90 Å². The van der Waals surface area contributed by atoms with Gasteiger partial charge in [-0.15, -0.1) is 0 Å². The second-order valence-electron chi connectivity index (χ2n) is 5.20. The molecule has 5 nitrogen and oxygen atoms in total. The number of amides is 2. The van der Waals surface area contributed by atoms with Gasteiger partial charge in [0, 0.05) is 52.6 Å². The number of aryl methyl sites for hydroxylation is 1. The van der Waals surface area contributed by atoms with E-state index in [-0.39, 0.29) is 15.5 Å². The number of nitrogens with two attached hydrogens (primary N) is 1. The molecule has 0 atom stereocenters. The summed E-state index contributed by atoms with van der Waals surface area (Å²) in [4.78, 5) is 11.0. The molecule has 3 N–H and O–H groups in total. The standard InChI is InChI=1S/C20H31ClN4O/c1-15-3-2-4-18(19(15)21)25-13-11-24(12-14-25)10-9-16-5-7-17(8-6-16)23-20(22)26/h2-4,16-17H,5-14H2,1H3,(H3,22,23,26)/i5D2,6D2,7D2,8D2,10D2,11D2,12D2,13D2,14D2,16D,17D. The van der Waals surface area contributed by atoms with E-state index in [0.717, 1.165) is 6.07 Å². The van der Waals surface area contributed by atoms with Crippen molar-refractivity contribution in [1.29, 1.82) is 0 Å². The average Bonchev–Trinajstić information content (AvgIpc) is 2.83. The molecule has 2 aliphatic rings. The van der Waals surface area contributed by atoms with Gasteiger partial charge in [-0.25, -0.2) is 4.79 Å². The van der Waals surface area contributed by atoms with E-state index in [2.05, 4.69) is 0 Å². The van der Waals surface area contributed by atoms with Gasteiger partial charge in [0.25, 0.3) is 0 Å². The highest BCUT2D eigenvalue weighted by Crippen LogP contribution is 2.30. The molecule has 0 radical (unpaired) electrons. The Balaban J connectivity index is 2.32. The van der Waals surface area contributed by atoms with Crippen molar-refractivity contribution in [3.8, 4) is 0 Å². The van der Waals surface area contributed by atoms with Crippen LogP contribution in [0.4, 0.5) is 10.5 Å². The van der Waals surface area contributed by atoms with Crippen molar-refractivity contribution in [3.63, 3.8) is 0 Å². The number of carbonyl (C=O) groups excluding carboxylic acids is 1. The summed E-state index contributed by atoms with van der Waals surface area (Å²) in [5, 5.41) is 1.04. The summed E-state index contributed by atoms with van der Waals surface area (Å²) in [6.45, 7) is -18.0. The molecule has 0 unspecified atom stereocenters. The van der Waals surface area contributed by atoms with Crippen LogP contribution in [-0.4, -0.2) is 49.4 Å². The van der Waals surface area contributed by atoms with Crippen LogP contribution in [0, 0.1) is 12.8 Å². The Morgan fingerprint density at radius 3 is 2.69 bits per heavy atom. The predicted molar refractivity (Wildman–Crippen MR) is 108 cm³/mol. The molecule has 144 valence electrons. The third-order valence-corrected chi connectivity index (χ3v) is 3.79. The van der Waals surface area contributed by atoms with Gasteiger partial charge in [-0.2, -0.15) is 0 Å². The van der Waals surface area contributed by atoms with E-state index in [1.165, 1.54) is 24.4 Å². The van der Waals surface area contributed by atoms with Crippen LogP contribution in [0.15, 0.2) is 18.2 Å². The minimum Gasteiger partial charge on any atom is -0.368 e. The number of hydrogen-bond acceptors (Lipinski definition) is 3. The second-order valence-corrected chi connectivity index (χ2v) is 5.58. The van der Waals surface area contributed by atoms with E-state index in [4.69, 9.17) is 44.7 Å². The number of halogens is 1. The van der Waals surface area contributed by atoms with Crippen molar-refractivity contribution >= 4 is 23.3 Å². The molecular formula is C20H31ClN4O. The van der Waals surface area contributed by atoms with Gasteiger partial charge in [-0.1, -0.05) is 23.7 Å². The van der Waals surface area contributed by atoms with Crippen LogP contribution >= 0.6 is 11.6 Å². The molecule has 1 aromatic rings. The normalized spacial score (nSPS) is 57.5. The van der Waals surface area contributed by atoms with E-state index in [9.17, 15) is 4.79 Å². The van der Waals surface area contributed by atoms with Gasteiger partial charge in [-0.05, 0) is 62.9 Å². The number of benzene rings is 1. The summed E-state index contributed by atoms with van der Waals surface area (Å²) in [6, 6.07) is -1.88. The van der Waals surface area contributed by atoms with Crippen LogP contribution in [0.3, 0.4) is 0 Å². The summed E-state index contributed by atoms with van der Waals surface area (Å²) in [5.74, 6) is -4.07. The number of nitrogens with one attached hydrogen (secondary N) is 1. The predicted octanol–water partition coefficient (Wildman–Crippen LogP) is 3.39. The zero-order chi connectivity index (χ0) is 36.5. The van der Waals surface area contributed by atoms with E-state index in [0.29, 0.717) is 0 Å². The van der Waals surface area contributed by atoms with Crippen LogP contribution in [0.5, 0.6) is 0 Å². The topological polar surface area (TPSA) is 61.6 Å². The minimum atomic E-state index is -4.18. The first-order valence-corrected chi connectivity index (χ1v) is 7.85. The van der Waals surface area contributed by atoms with Crippen molar-refractivity contribution in [2.24, 2.45) is 11.6 Å². The van der Waals surface area contributed by atoms with Crippen molar-refractivity contribution in [2.45, 2.75) is 44.9 Å². The molecule has 0 aromatic heterocycles. The first-order valence-electron chi connectivity index (χ1n) is 17.5. The number of carbonyl (C=O) groups is 1.